The Labute approximate surface area is 154 Å². The lowest BCUT2D eigenvalue weighted by Gasteiger charge is -2.16. The monoisotopic (exact) mass is 384 g/mol. The van der Waals surface area contributed by atoms with Crippen LogP contribution in [0.25, 0.3) is 0 Å². The van der Waals surface area contributed by atoms with Crippen molar-refractivity contribution in [1.29, 1.82) is 0 Å². The van der Waals surface area contributed by atoms with Crippen molar-refractivity contribution in [2.45, 2.75) is 6.54 Å². The Kier molecular flexibility index (Phi) is 6.03. The molecule has 1 amide bonds. The van der Waals surface area contributed by atoms with Crippen molar-refractivity contribution in [3.63, 3.8) is 0 Å². The molecule has 1 N–H and O–H groups in total. The molecule has 0 fully saturated rings. The van der Waals surface area contributed by atoms with E-state index in [1.54, 1.807) is 38.0 Å². The Morgan fingerprint density at radius 3 is 2.07 bits per heavy atom. The van der Waals surface area contributed by atoms with E-state index in [-0.39, 0.29) is 12.4 Å². The summed E-state index contributed by atoms with van der Waals surface area (Å²) in [5, 5.41) is 2.37. The van der Waals surface area contributed by atoms with E-state index in [2.05, 4.69) is 25.0 Å². The van der Waals surface area contributed by atoms with E-state index < -0.39 is 34.7 Å². The van der Waals surface area contributed by atoms with Gasteiger partial charge >= 0.3 is 0 Å². The lowest BCUT2D eigenvalue weighted by atomic mass is 10.1. The molecule has 0 aliphatic carbocycles. The average molecular weight is 384 g/mol. The molecule has 11 heteroatoms. The van der Waals surface area contributed by atoms with E-state index in [1.807, 2.05) is 0 Å². The topological polar surface area (TPSA) is 83.5 Å². The fourth-order valence-electron chi connectivity index (χ4n) is 2.05. The van der Waals surface area contributed by atoms with Gasteiger partial charge in [0, 0.05) is 28.2 Å². The molecule has 0 aliphatic rings. The van der Waals surface area contributed by atoms with Crippen molar-refractivity contribution in [3.8, 4) is 5.75 Å². The number of carbonyl (C=O) groups is 1. The van der Waals surface area contributed by atoms with Gasteiger partial charge in [-0.25, -0.2) is 8.78 Å². The third-order valence-corrected chi connectivity index (χ3v) is 3.43. The number of nitrogens with one attached hydrogen (secondary N) is 1. The quantitative estimate of drug-likeness (QED) is 0.753. The Bertz CT molecular complexity index is 834. The maximum absolute atomic E-state index is 14.2. The van der Waals surface area contributed by atoms with Gasteiger partial charge in [0.25, 0.3) is 5.91 Å². The molecule has 2 rings (SSSR count). The van der Waals surface area contributed by atoms with Crippen molar-refractivity contribution in [2.75, 3.05) is 45.1 Å². The van der Waals surface area contributed by atoms with Gasteiger partial charge in [-0.2, -0.15) is 19.3 Å². The van der Waals surface area contributed by atoms with Gasteiger partial charge in [0.1, 0.15) is 0 Å². The minimum absolute atomic E-state index is 0.177. The van der Waals surface area contributed by atoms with Crippen molar-refractivity contribution in [2.24, 2.45) is 0 Å². The summed E-state index contributed by atoms with van der Waals surface area (Å²) >= 11 is 0. The predicted molar refractivity (Wildman–Crippen MR) is 92.5 cm³/mol. The number of rotatable bonds is 6. The third kappa shape index (κ3) is 4.36. The molecule has 0 saturated carbocycles. The van der Waals surface area contributed by atoms with Gasteiger partial charge in [0.2, 0.25) is 17.7 Å². The lowest BCUT2D eigenvalue weighted by molar-refractivity contribution is 0.0944. The van der Waals surface area contributed by atoms with E-state index in [1.165, 1.54) is 0 Å². The number of anilines is 2. The number of benzene rings is 1. The van der Waals surface area contributed by atoms with Crippen molar-refractivity contribution in [3.05, 3.63) is 34.9 Å². The van der Waals surface area contributed by atoms with E-state index in [0.717, 1.165) is 7.11 Å². The second-order valence-corrected chi connectivity index (χ2v) is 5.89. The highest BCUT2D eigenvalue weighted by atomic mass is 19.2. The summed E-state index contributed by atoms with van der Waals surface area (Å²) in [5.74, 6) is -5.21. The van der Waals surface area contributed by atoms with Gasteiger partial charge < -0.3 is 19.9 Å². The minimum Gasteiger partial charge on any atom is -0.491 e. The molecule has 0 atom stereocenters. The summed E-state index contributed by atoms with van der Waals surface area (Å²) < 4.78 is 45.7. The average Bonchev–Trinajstić information content (AvgIpc) is 2.62. The smallest absolute Gasteiger partial charge is 0.254 e. The second kappa shape index (κ2) is 8.06. The molecule has 0 saturated heterocycles. The molecule has 1 heterocycles. The second-order valence-electron chi connectivity index (χ2n) is 5.89. The van der Waals surface area contributed by atoms with E-state index in [9.17, 15) is 18.0 Å². The summed E-state index contributed by atoms with van der Waals surface area (Å²) in [5.41, 5.74) is -0.694. The number of hydrogen-bond acceptors (Lipinski definition) is 7. The zero-order valence-corrected chi connectivity index (χ0v) is 15.5. The van der Waals surface area contributed by atoms with Crippen LogP contribution in [0.4, 0.5) is 25.1 Å². The molecular weight excluding hydrogens is 365 g/mol. The molecule has 1 aromatic carbocycles. The first-order valence-electron chi connectivity index (χ1n) is 7.75. The van der Waals surface area contributed by atoms with Crippen LogP contribution in [0.1, 0.15) is 16.2 Å². The SMILES string of the molecule is COc1c(F)c(F)cc(C(=O)NCc2nc(N(C)C)nc(N(C)C)n2)c1F. The van der Waals surface area contributed by atoms with Crippen molar-refractivity contribution < 1.29 is 22.7 Å². The van der Waals surface area contributed by atoms with Crippen LogP contribution in [-0.4, -0.2) is 56.2 Å². The summed E-state index contributed by atoms with van der Waals surface area (Å²) in [4.78, 5) is 28.1. The maximum Gasteiger partial charge on any atom is 0.254 e. The molecule has 8 nitrogen and oxygen atoms in total. The number of methoxy groups -OCH3 is 1. The van der Waals surface area contributed by atoms with E-state index in [0.29, 0.717) is 18.0 Å². The number of ether oxygens (including phenoxy) is 1. The molecular formula is C16H19F3N6O2. The number of aromatic nitrogens is 3. The largest absolute Gasteiger partial charge is 0.491 e. The molecule has 0 spiro atoms. The van der Waals surface area contributed by atoms with Crippen LogP contribution in [0, 0.1) is 17.5 Å². The number of carbonyl (C=O) groups excluding carboxylic acids is 1. The highest BCUT2D eigenvalue weighted by Gasteiger charge is 2.23. The first-order chi connectivity index (χ1) is 12.6. The van der Waals surface area contributed by atoms with Gasteiger partial charge in [-0.05, 0) is 6.07 Å². The molecule has 2 aromatic rings. The van der Waals surface area contributed by atoms with Gasteiger partial charge in [-0.1, -0.05) is 0 Å². The first-order valence-corrected chi connectivity index (χ1v) is 7.75. The minimum atomic E-state index is -1.50. The molecule has 0 bridgehead atoms. The summed E-state index contributed by atoms with van der Waals surface area (Å²) in [6.07, 6.45) is 0. The van der Waals surface area contributed by atoms with Crippen LogP contribution in [0.15, 0.2) is 6.07 Å². The molecule has 27 heavy (non-hydrogen) atoms. The number of halogens is 3. The van der Waals surface area contributed by atoms with Gasteiger partial charge in [0.05, 0.1) is 19.2 Å². The lowest BCUT2D eigenvalue weighted by Crippen LogP contribution is -2.27. The van der Waals surface area contributed by atoms with E-state index in [4.69, 9.17) is 0 Å². The van der Waals surface area contributed by atoms with Crippen molar-refractivity contribution >= 4 is 17.8 Å². The number of hydrogen-bond donors (Lipinski definition) is 1. The normalized spacial score (nSPS) is 10.5. The molecule has 1 aromatic heterocycles. The van der Waals surface area contributed by atoms with Crippen molar-refractivity contribution in [1.82, 2.24) is 20.3 Å². The zero-order valence-electron chi connectivity index (χ0n) is 15.5. The molecule has 0 radical (unpaired) electrons. The Morgan fingerprint density at radius 2 is 1.59 bits per heavy atom. The van der Waals surface area contributed by atoms with Gasteiger partial charge in [-0.3, -0.25) is 4.79 Å². The van der Waals surface area contributed by atoms with Gasteiger partial charge in [0.15, 0.2) is 23.2 Å². The molecule has 146 valence electrons. The molecule has 0 aliphatic heterocycles. The fraction of sp³-hybridized carbons (Fsp3) is 0.375. The first kappa shape index (κ1) is 20.2. The predicted octanol–water partition coefficient (Wildman–Crippen LogP) is 1.36. The van der Waals surface area contributed by atoms with Crippen LogP contribution in [0.2, 0.25) is 0 Å². The van der Waals surface area contributed by atoms with Crippen LogP contribution in [0.5, 0.6) is 5.75 Å². The highest BCUT2D eigenvalue weighted by Crippen LogP contribution is 2.27. The summed E-state index contributed by atoms with van der Waals surface area (Å²) in [6, 6.07) is 0.465. The Morgan fingerprint density at radius 1 is 1.04 bits per heavy atom. The highest BCUT2D eigenvalue weighted by molar-refractivity contribution is 5.94. The van der Waals surface area contributed by atoms with Gasteiger partial charge in [-0.15, -0.1) is 0 Å². The van der Waals surface area contributed by atoms with Crippen LogP contribution >= 0.6 is 0 Å². The Hall–Kier alpha value is -3.11. The van der Waals surface area contributed by atoms with E-state index >= 15 is 0 Å². The summed E-state index contributed by atoms with van der Waals surface area (Å²) in [7, 11) is 7.92. The standard InChI is InChI=1S/C16H19F3N6O2/c1-24(2)15-21-10(22-16(23-15)25(3)4)7-20-14(26)8-6-9(17)12(19)13(27-5)11(8)18/h6H,7H2,1-5H3,(H,20,26). The van der Waals surface area contributed by atoms with Crippen LogP contribution in [0.3, 0.4) is 0 Å². The maximum atomic E-state index is 14.2. The number of amides is 1. The molecule has 0 unspecified atom stereocenters. The Balaban J connectivity index is 2.27. The number of nitrogens with zero attached hydrogens (tertiary/aromatic N) is 5. The summed E-state index contributed by atoms with van der Waals surface area (Å²) in [6.45, 7) is -0.177. The van der Waals surface area contributed by atoms with Crippen LogP contribution < -0.4 is 19.9 Å². The fourth-order valence-corrected chi connectivity index (χ4v) is 2.05. The van der Waals surface area contributed by atoms with Crippen LogP contribution in [-0.2, 0) is 6.54 Å². The zero-order chi connectivity index (χ0) is 20.3. The third-order valence-electron chi connectivity index (χ3n) is 3.43.